The maximum Gasteiger partial charge on any atom is 0.0729 e. The van der Waals surface area contributed by atoms with Gasteiger partial charge in [-0.05, 0) is 19.4 Å². The van der Waals surface area contributed by atoms with Crippen LogP contribution in [0.25, 0.3) is 0 Å². The normalized spacial score (nSPS) is 25.1. The molecule has 0 bridgehead atoms. The molecular weight excluding hydrogens is 104 g/mol. The Labute approximate surface area is 49.3 Å². The van der Waals surface area contributed by atoms with Crippen LogP contribution in [0.5, 0.6) is 0 Å². The first-order valence-electron chi connectivity index (χ1n) is 3.04. The Balaban J connectivity index is 2.17. The number of nitrogens with zero attached hydrogens (tertiary/aromatic N) is 1. The molecule has 0 aromatic heterocycles. The molecule has 8 heavy (non-hydrogen) atoms. The molecule has 0 spiro atoms. The summed E-state index contributed by atoms with van der Waals surface area (Å²) in [5, 5.41) is 13.2. The Morgan fingerprint density at radius 3 is 3.12 bits per heavy atom. The average Bonchev–Trinajstić information content (AvgIpc) is 1.94. The molecule has 1 aliphatic heterocycles. The fraction of sp³-hybridized carbons (Fsp3) is 1.00. The second-order valence-corrected chi connectivity index (χ2v) is 2.10. The van der Waals surface area contributed by atoms with Crippen LogP contribution in [0.3, 0.4) is 0 Å². The maximum absolute atomic E-state index is 8.86. The molecule has 0 amide bonds. The zero-order chi connectivity index (χ0) is 5.82. The van der Waals surface area contributed by atoms with Crippen LogP contribution in [0.2, 0.25) is 0 Å². The third-order valence-electron chi connectivity index (χ3n) is 1.31. The van der Waals surface area contributed by atoms with Crippen molar-refractivity contribution < 1.29 is 5.21 Å². The average molecular weight is 116 g/mol. The van der Waals surface area contributed by atoms with Crippen LogP contribution in [0.1, 0.15) is 12.8 Å². The van der Waals surface area contributed by atoms with Gasteiger partial charge in [-0.3, -0.25) is 0 Å². The molecule has 0 aromatic rings. The van der Waals surface area contributed by atoms with Crippen molar-refractivity contribution in [3.05, 3.63) is 0 Å². The highest BCUT2D eigenvalue weighted by atomic mass is 16.5. The summed E-state index contributed by atoms with van der Waals surface area (Å²) in [4.78, 5) is 0. The first-order chi connectivity index (χ1) is 3.89. The van der Waals surface area contributed by atoms with E-state index in [2.05, 4.69) is 5.32 Å². The highest BCUT2D eigenvalue weighted by Crippen LogP contribution is 1.93. The van der Waals surface area contributed by atoms with Crippen LogP contribution in [0.4, 0.5) is 0 Å². The van der Waals surface area contributed by atoms with Gasteiger partial charge in [0.25, 0.3) is 0 Å². The lowest BCUT2D eigenvalue weighted by molar-refractivity contribution is -0.0918. The van der Waals surface area contributed by atoms with Crippen LogP contribution in [-0.2, 0) is 0 Å². The van der Waals surface area contributed by atoms with E-state index >= 15 is 0 Å². The molecule has 3 heteroatoms. The van der Waals surface area contributed by atoms with Gasteiger partial charge in [-0.2, -0.15) is 5.06 Å². The first-order valence-corrected chi connectivity index (χ1v) is 3.04. The van der Waals surface area contributed by atoms with Crippen molar-refractivity contribution in [1.29, 1.82) is 0 Å². The largest absolute Gasteiger partial charge is 0.313 e. The Morgan fingerprint density at radius 1 is 1.38 bits per heavy atom. The van der Waals surface area contributed by atoms with E-state index in [9.17, 15) is 0 Å². The lowest BCUT2D eigenvalue weighted by Crippen LogP contribution is -2.29. The summed E-state index contributed by atoms with van der Waals surface area (Å²) in [6, 6.07) is 0. The van der Waals surface area contributed by atoms with Gasteiger partial charge in [-0.25, -0.2) is 0 Å². The fourth-order valence-electron chi connectivity index (χ4n) is 0.831. The van der Waals surface area contributed by atoms with Crippen molar-refractivity contribution in [2.45, 2.75) is 12.8 Å². The highest BCUT2D eigenvalue weighted by molar-refractivity contribution is 4.53. The molecule has 0 aromatic carbocycles. The molecule has 1 heterocycles. The molecule has 0 saturated carbocycles. The second-order valence-electron chi connectivity index (χ2n) is 2.10. The highest BCUT2D eigenvalue weighted by Gasteiger charge is 2.02. The minimum atomic E-state index is 0.625. The van der Waals surface area contributed by atoms with Crippen molar-refractivity contribution in [2.24, 2.45) is 0 Å². The van der Waals surface area contributed by atoms with Crippen molar-refractivity contribution >= 4 is 0 Å². The van der Waals surface area contributed by atoms with Gasteiger partial charge >= 0.3 is 0 Å². The lowest BCUT2D eigenvalue weighted by atomic mass is 10.3. The molecular formula is C5H12N2O. The Kier molecular flexibility index (Phi) is 2.27. The van der Waals surface area contributed by atoms with Gasteiger partial charge in [0.15, 0.2) is 0 Å². The van der Waals surface area contributed by atoms with Crippen molar-refractivity contribution in [3.63, 3.8) is 0 Å². The van der Waals surface area contributed by atoms with Crippen LogP contribution < -0.4 is 5.32 Å². The molecule has 0 radical (unpaired) electrons. The Bertz CT molecular complexity index is 59.4. The van der Waals surface area contributed by atoms with Crippen molar-refractivity contribution in [2.75, 3.05) is 19.8 Å². The van der Waals surface area contributed by atoms with E-state index in [1.54, 1.807) is 0 Å². The summed E-state index contributed by atoms with van der Waals surface area (Å²) >= 11 is 0. The topological polar surface area (TPSA) is 35.5 Å². The first kappa shape index (κ1) is 6.01. The second kappa shape index (κ2) is 3.02. The van der Waals surface area contributed by atoms with Crippen LogP contribution in [0, 0.1) is 0 Å². The SMILES string of the molecule is ON1CCCCNC1. The van der Waals surface area contributed by atoms with E-state index in [1.165, 1.54) is 11.5 Å². The number of hydrogen-bond acceptors (Lipinski definition) is 3. The standard InChI is InChI=1S/C5H12N2O/c8-7-4-2-1-3-6-5-7/h6,8H,1-5H2. The van der Waals surface area contributed by atoms with E-state index in [1.807, 2.05) is 0 Å². The number of hydroxylamine groups is 2. The summed E-state index contributed by atoms with van der Waals surface area (Å²) in [6.45, 7) is 2.48. The van der Waals surface area contributed by atoms with Crippen molar-refractivity contribution in [1.82, 2.24) is 10.4 Å². The number of hydrogen-bond donors (Lipinski definition) is 2. The molecule has 3 nitrogen and oxygen atoms in total. The van der Waals surface area contributed by atoms with E-state index < -0.39 is 0 Å². The van der Waals surface area contributed by atoms with Gasteiger partial charge in [0.05, 0.1) is 6.67 Å². The minimum Gasteiger partial charge on any atom is -0.313 e. The van der Waals surface area contributed by atoms with E-state index in [0.717, 1.165) is 19.5 Å². The summed E-state index contributed by atoms with van der Waals surface area (Å²) in [5.74, 6) is 0. The third-order valence-corrected chi connectivity index (χ3v) is 1.31. The monoisotopic (exact) mass is 116 g/mol. The molecule has 1 fully saturated rings. The molecule has 1 saturated heterocycles. The Morgan fingerprint density at radius 2 is 2.25 bits per heavy atom. The molecule has 1 aliphatic rings. The number of rotatable bonds is 0. The van der Waals surface area contributed by atoms with Gasteiger partial charge in [0.1, 0.15) is 0 Å². The summed E-state index contributed by atoms with van der Waals surface area (Å²) in [7, 11) is 0. The Hall–Kier alpha value is -0.120. The summed E-state index contributed by atoms with van der Waals surface area (Å²) in [6.07, 6.45) is 2.28. The zero-order valence-corrected chi connectivity index (χ0v) is 4.93. The van der Waals surface area contributed by atoms with Gasteiger partial charge in [0, 0.05) is 6.54 Å². The molecule has 0 aliphatic carbocycles. The fourth-order valence-corrected chi connectivity index (χ4v) is 0.831. The predicted octanol–water partition coefficient (Wildman–Crippen LogP) is 0.0185. The molecule has 1 rings (SSSR count). The smallest absolute Gasteiger partial charge is 0.0729 e. The third kappa shape index (κ3) is 1.78. The zero-order valence-electron chi connectivity index (χ0n) is 4.93. The van der Waals surface area contributed by atoms with Gasteiger partial charge in [0.2, 0.25) is 0 Å². The van der Waals surface area contributed by atoms with Crippen LogP contribution in [-0.4, -0.2) is 30.0 Å². The van der Waals surface area contributed by atoms with Gasteiger partial charge in [-0.15, -0.1) is 0 Å². The molecule has 0 atom stereocenters. The van der Waals surface area contributed by atoms with Gasteiger partial charge in [-0.1, -0.05) is 0 Å². The molecule has 0 unspecified atom stereocenters. The predicted molar refractivity (Wildman–Crippen MR) is 30.6 cm³/mol. The van der Waals surface area contributed by atoms with Gasteiger partial charge < -0.3 is 10.5 Å². The van der Waals surface area contributed by atoms with Crippen LogP contribution in [0.15, 0.2) is 0 Å². The van der Waals surface area contributed by atoms with E-state index in [0.29, 0.717) is 6.67 Å². The van der Waals surface area contributed by atoms with E-state index in [4.69, 9.17) is 5.21 Å². The minimum absolute atomic E-state index is 0.625. The van der Waals surface area contributed by atoms with E-state index in [-0.39, 0.29) is 0 Å². The molecule has 2 N–H and O–H groups in total. The quantitative estimate of drug-likeness (QED) is 0.468. The lowest BCUT2D eigenvalue weighted by Gasteiger charge is -2.08. The maximum atomic E-state index is 8.86. The summed E-state index contributed by atoms with van der Waals surface area (Å²) < 4.78 is 0. The summed E-state index contributed by atoms with van der Waals surface area (Å²) in [5.41, 5.74) is 0. The van der Waals surface area contributed by atoms with Crippen LogP contribution >= 0.6 is 0 Å². The molecule has 48 valence electrons. The number of nitrogens with one attached hydrogen (secondary N) is 1. The van der Waals surface area contributed by atoms with Crippen molar-refractivity contribution in [3.8, 4) is 0 Å².